The van der Waals surface area contributed by atoms with Crippen molar-refractivity contribution in [3.05, 3.63) is 51.3 Å². The van der Waals surface area contributed by atoms with Crippen molar-refractivity contribution in [2.75, 3.05) is 13.2 Å². The number of hydrogen-bond acceptors (Lipinski definition) is 7. The molecule has 2 heterocycles. The standard InChI is InChI=1S/C20H19NO6/c1-4-11-7-8-14-12(9-11)18(22)17-15(27-14)10-13(19(23)25-5-2)16(21-17)20(24)26-6-3/h7-10H,4-6H2,1-3H3. The number of rotatable bonds is 5. The quantitative estimate of drug-likeness (QED) is 0.503. The van der Waals surface area contributed by atoms with Crippen molar-refractivity contribution in [1.29, 1.82) is 0 Å². The number of esters is 2. The number of aryl methyl sites for hydroxylation is 1. The van der Waals surface area contributed by atoms with Gasteiger partial charge in [0.05, 0.1) is 24.2 Å². The maximum Gasteiger partial charge on any atom is 0.357 e. The van der Waals surface area contributed by atoms with Crippen LogP contribution in [0.4, 0.5) is 0 Å². The van der Waals surface area contributed by atoms with Crippen LogP contribution in [0.25, 0.3) is 22.1 Å². The van der Waals surface area contributed by atoms with Crippen LogP contribution >= 0.6 is 0 Å². The van der Waals surface area contributed by atoms with E-state index in [0.29, 0.717) is 11.0 Å². The van der Waals surface area contributed by atoms with Crippen LogP contribution in [-0.2, 0) is 15.9 Å². The Morgan fingerprint density at radius 2 is 1.70 bits per heavy atom. The van der Waals surface area contributed by atoms with E-state index in [2.05, 4.69) is 4.98 Å². The minimum absolute atomic E-state index is 0.0353. The number of fused-ring (bicyclic) bond motifs is 2. The second-order valence-electron chi connectivity index (χ2n) is 5.79. The Kier molecular flexibility index (Phi) is 5.21. The third-order valence-corrected chi connectivity index (χ3v) is 4.08. The molecule has 0 atom stereocenters. The molecule has 0 radical (unpaired) electrons. The molecule has 3 rings (SSSR count). The molecule has 0 saturated carbocycles. The van der Waals surface area contributed by atoms with Crippen LogP contribution in [0.3, 0.4) is 0 Å². The zero-order valence-electron chi connectivity index (χ0n) is 15.3. The smallest absolute Gasteiger partial charge is 0.357 e. The number of nitrogens with zero attached hydrogens (tertiary/aromatic N) is 1. The predicted octanol–water partition coefficient (Wildman–Crippen LogP) is 3.26. The fraction of sp³-hybridized carbons (Fsp3) is 0.300. The molecule has 0 bridgehead atoms. The molecule has 2 aromatic heterocycles. The van der Waals surface area contributed by atoms with Crippen molar-refractivity contribution in [2.45, 2.75) is 27.2 Å². The first kappa shape index (κ1) is 18.6. The van der Waals surface area contributed by atoms with Crippen LogP contribution in [-0.4, -0.2) is 30.1 Å². The lowest BCUT2D eigenvalue weighted by atomic mass is 10.1. The number of pyridine rings is 1. The molecule has 0 N–H and O–H groups in total. The van der Waals surface area contributed by atoms with Gasteiger partial charge in [0.15, 0.2) is 16.8 Å². The third kappa shape index (κ3) is 3.40. The van der Waals surface area contributed by atoms with Gasteiger partial charge in [-0.1, -0.05) is 13.0 Å². The average molecular weight is 369 g/mol. The Morgan fingerprint density at radius 1 is 1.00 bits per heavy atom. The molecular weight excluding hydrogens is 350 g/mol. The normalized spacial score (nSPS) is 10.9. The molecule has 27 heavy (non-hydrogen) atoms. The zero-order valence-corrected chi connectivity index (χ0v) is 15.3. The average Bonchev–Trinajstić information content (AvgIpc) is 2.67. The summed E-state index contributed by atoms with van der Waals surface area (Å²) in [6.07, 6.45) is 0.761. The molecule has 0 unspecified atom stereocenters. The molecular formula is C20H19NO6. The SMILES string of the molecule is CCOC(=O)c1cc2oc3ccc(CC)cc3c(=O)c2nc1C(=O)OCC. The largest absolute Gasteiger partial charge is 0.462 e. The lowest BCUT2D eigenvalue weighted by Crippen LogP contribution is -2.18. The maximum absolute atomic E-state index is 12.9. The molecule has 0 aliphatic heterocycles. The Labute approximate surface area is 154 Å². The topological polar surface area (TPSA) is 95.7 Å². The van der Waals surface area contributed by atoms with Gasteiger partial charge in [-0.25, -0.2) is 14.6 Å². The molecule has 7 nitrogen and oxygen atoms in total. The Bertz CT molecular complexity index is 1100. The first-order chi connectivity index (χ1) is 13.0. The van der Waals surface area contributed by atoms with Gasteiger partial charge < -0.3 is 13.9 Å². The molecule has 0 aliphatic carbocycles. The highest BCUT2D eigenvalue weighted by molar-refractivity contribution is 6.04. The highest BCUT2D eigenvalue weighted by atomic mass is 16.5. The van der Waals surface area contributed by atoms with Crippen molar-refractivity contribution in [2.24, 2.45) is 0 Å². The first-order valence-corrected chi connectivity index (χ1v) is 8.74. The summed E-state index contributed by atoms with van der Waals surface area (Å²) in [6, 6.07) is 6.62. The Balaban J connectivity index is 2.33. The van der Waals surface area contributed by atoms with Crippen molar-refractivity contribution < 1.29 is 23.5 Å². The van der Waals surface area contributed by atoms with Gasteiger partial charge in [-0.3, -0.25) is 4.79 Å². The molecule has 7 heteroatoms. The number of carbonyl (C=O) groups is 2. The first-order valence-electron chi connectivity index (χ1n) is 8.74. The van der Waals surface area contributed by atoms with E-state index in [-0.39, 0.29) is 41.0 Å². The highest BCUT2D eigenvalue weighted by Crippen LogP contribution is 2.22. The number of aromatic nitrogens is 1. The molecule has 0 amide bonds. The van der Waals surface area contributed by atoms with Crippen molar-refractivity contribution in [3.8, 4) is 0 Å². The summed E-state index contributed by atoms with van der Waals surface area (Å²) in [5.41, 5.74) is 0.687. The summed E-state index contributed by atoms with van der Waals surface area (Å²) >= 11 is 0. The van der Waals surface area contributed by atoms with E-state index in [0.717, 1.165) is 12.0 Å². The van der Waals surface area contributed by atoms with Crippen molar-refractivity contribution >= 4 is 34.0 Å². The summed E-state index contributed by atoms with van der Waals surface area (Å²) in [4.78, 5) is 41.6. The van der Waals surface area contributed by atoms with Gasteiger partial charge in [0.25, 0.3) is 0 Å². The summed E-state index contributed by atoms with van der Waals surface area (Å²) < 4.78 is 15.7. The van der Waals surface area contributed by atoms with E-state index < -0.39 is 11.9 Å². The van der Waals surface area contributed by atoms with Crippen LogP contribution < -0.4 is 5.43 Å². The van der Waals surface area contributed by atoms with Gasteiger partial charge in [-0.05, 0) is 38.0 Å². The summed E-state index contributed by atoms with van der Waals surface area (Å²) in [6.45, 7) is 5.49. The minimum atomic E-state index is -0.802. The molecule has 140 valence electrons. The van der Waals surface area contributed by atoms with Gasteiger partial charge in [0.2, 0.25) is 5.43 Å². The molecule has 0 fully saturated rings. The van der Waals surface area contributed by atoms with Crippen LogP contribution in [0.5, 0.6) is 0 Å². The van der Waals surface area contributed by atoms with Crippen LogP contribution in [0.2, 0.25) is 0 Å². The molecule has 3 aromatic rings. The highest BCUT2D eigenvalue weighted by Gasteiger charge is 2.24. The van der Waals surface area contributed by atoms with E-state index in [9.17, 15) is 14.4 Å². The van der Waals surface area contributed by atoms with E-state index in [1.165, 1.54) is 6.07 Å². The lowest BCUT2D eigenvalue weighted by molar-refractivity contribution is 0.0474. The number of carbonyl (C=O) groups excluding carboxylic acids is 2. The van der Waals surface area contributed by atoms with Gasteiger partial charge >= 0.3 is 11.9 Å². The maximum atomic E-state index is 12.9. The van der Waals surface area contributed by atoms with Gasteiger partial charge in [-0.15, -0.1) is 0 Å². The Morgan fingerprint density at radius 3 is 2.37 bits per heavy atom. The summed E-state index contributed by atoms with van der Waals surface area (Å²) in [5, 5.41) is 0.369. The number of ether oxygens (including phenoxy) is 2. The number of benzene rings is 1. The van der Waals surface area contributed by atoms with E-state index >= 15 is 0 Å². The summed E-state index contributed by atoms with van der Waals surface area (Å²) in [7, 11) is 0. The monoisotopic (exact) mass is 369 g/mol. The van der Waals surface area contributed by atoms with Crippen LogP contribution in [0.15, 0.2) is 33.5 Å². The molecule has 0 spiro atoms. The Hall–Kier alpha value is -3.22. The van der Waals surface area contributed by atoms with Gasteiger partial charge in [0, 0.05) is 6.07 Å². The molecule has 0 saturated heterocycles. The lowest BCUT2D eigenvalue weighted by Gasteiger charge is -2.09. The van der Waals surface area contributed by atoms with Crippen LogP contribution in [0.1, 0.15) is 47.2 Å². The van der Waals surface area contributed by atoms with Crippen molar-refractivity contribution in [1.82, 2.24) is 4.98 Å². The third-order valence-electron chi connectivity index (χ3n) is 4.08. The van der Waals surface area contributed by atoms with Gasteiger partial charge in [0.1, 0.15) is 5.58 Å². The summed E-state index contributed by atoms with van der Waals surface area (Å²) in [5.74, 6) is -1.54. The van der Waals surface area contributed by atoms with E-state index in [1.807, 2.05) is 13.0 Å². The fourth-order valence-corrected chi connectivity index (χ4v) is 2.76. The zero-order chi connectivity index (χ0) is 19.6. The fourth-order valence-electron chi connectivity index (χ4n) is 2.76. The van der Waals surface area contributed by atoms with Crippen molar-refractivity contribution in [3.63, 3.8) is 0 Å². The second kappa shape index (κ2) is 7.57. The van der Waals surface area contributed by atoms with Crippen LogP contribution in [0, 0.1) is 0 Å². The van der Waals surface area contributed by atoms with E-state index in [1.54, 1.807) is 26.0 Å². The minimum Gasteiger partial charge on any atom is -0.462 e. The predicted molar refractivity (Wildman–Crippen MR) is 99.1 cm³/mol. The van der Waals surface area contributed by atoms with E-state index in [4.69, 9.17) is 13.9 Å². The molecule has 0 aliphatic rings. The molecule has 1 aromatic carbocycles. The number of hydrogen-bond donors (Lipinski definition) is 0. The second-order valence-corrected chi connectivity index (χ2v) is 5.79. The van der Waals surface area contributed by atoms with Gasteiger partial charge in [-0.2, -0.15) is 0 Å².